The number of carbonyl (C=O) groups is 2. The summed E-state index contributed by atoms with van der Waals surface area (Å²) in [6.45, 7) is 4.86. The van der Waals surface area contributed by atoms with Crippen LogP contribution in [0.25, 0.3) is 0 Å². The van der Waals surface area contributed by atoms with Crippen molar-refractivity contribution in [2.45, 2.75) is 25.8 Å². The van der Waals surface area contributed by atoms with Crippen LogP contribution in [0.3, 0.4) is 0 Å². The van der Waals surface area contributed by atoms with Crippen molar-refractivity contribution in [2.75, 3.05) is 36.0 Å². The van der Waals surface area contributed by atoms with Gasteiger partial charge in [-0.3, -0.25) is 14.5 Å². The second-order valence-corrected chi connectivity index (χ2v) is 7.11. The van der Waals surface area contributed by atoms with Crippen LogP contribution in [0.1, 0.15) is 18.9 Å². The maximum atomic E-state index is 13.3. The average Bonchev–Trinajstić information content (AvgIpc) is 3.13. The summed E-state index contributed by atoms with van der Waals surface area (Å²) in [6.07, 6.45) is 1.01. The molecule has 2 aromatic carbocycles. The van der Waals surface area contributed by atoms with E-state index in [4.69, 9.17) is 0 Å². The van der Waals surface area contributed by atoms with Crippen LogP contribution in [0.5, 0.6) is 0 Å². The zero-order valence-corrected chi connectivity index (χ0v) is 15.7. The summed E-state index contributed by atoms with van der Waals surface area (Å²) in [4.78, 5) is 31.8. The highest BCUT2D eigenvalue weighted by Gasteiger charge is 2.40. The molecule has 140 valence electrons. The Labute approximate surface area is 160 Å². The maximum absolute atomic E-state index is 13.3. The molecule has 5 nitrogen and oxygen atoms in total. The van der Waals surface area contributed by atoms with E-state index >= 15 is 0 Å². The normalized spacial score (nSPS) is 19.1. The van der Waals surface area contributed by atoms with Crippen molar-refractivity contribution in [3.8, 4) is 0 Å². The van der Waals surface area contributed by atoms with Crippen molar-refractivity contribution in [1.29, 1.82) is 0 Å². The van der Waals surface area contributed by atoms with E-state index in [9.17, 15) is 9.59 Å². The first-order valence-electron chi connectivity index (χ1n) is 9.67. The molecule has 2 aromatic rings. The van der Waals surface area contributed by atoms with E-state index < -0.39 is 6.04 Å². The van der Waals surface area contributed by atoms with Crippen LogP contribution < -0.4 is 9.80 Å². The molecule has 2 amide bonds. The van der Waals surface area contributed by atoms with Gasteiger partial charge in [0.2, 0.25) is 11.8 Å². The Hall–Kier alpha value is -2.82. The average molecular weight is 363 g/mol. The first-order valence-corrected chi connectivity index (χ1v) is 9.67. The van der Waals surface area contributed by atoms with Crippen LogP contribution in [-0.4, -0.2) is 48.9 Å². The molecule has 2 aliphatic rings. The van der Waals surface area contributed by atoms with Crippen LogP contribution >= 0.6 is 0 Å². The van der Waals surface area contributed by atoms with Crippen LogP contribution in [0.15, 0.2) is 54.6 Å². The van der Waals surface area contributed by atoms with Gasteiger partial charge in [-0.1, -0.05) is 43.3 Å². The number of fused-ring (bicyclic) bond motifs is 1. The number of hydrogen-bond acceptors (Lipinski definition) is 3. The quantitative estimate of drug-likeness (QED) is 0.842. The number of nitrogens with zero attached hydrogens (tertiary/aromatic N) is 3. The molecule has 0 spiro atoms. The Morgan fingerprint density at radius 3 is 2.30 bits per heavy atom. The molecule has 0 saturated carbocycles. The molecule has 0 aromatic heterocycles. The van der Waals surface area contributed by atoms with Crippen molar-refractivity contribution in [2.24, 2.45) is 0 Å². The zero-order chi connectivity index (χ0) is 18.8. The SMILES string of the molecule is CCC(=O)N1c2ccccc2C[C@H]1C(=O)N1CCN(c2ccccc2)CC1. The third-order valence-corrected chi connectivity index (χ3v) is 5.54. The van der Waals surface area contributed by atoms with Crippen molar-refractivity contribution in [3.05, 3.63) is 60.2 Å². The highest BCUT2D eigenvalue weighted by Crippen LogP contribution is 2.33. The summed E-state index contributed by atoms with van der Waals surface area (Å²) in [6, 6.07) is 17.8. The maximum Gasteiger partial charge on any atom is 0.246 e. The number of piperazine rings is 1. The Morgan fingerprint density at radius 1 is 0.926 bits per heavy atom. The molecule has 1 atom stereocenters. The Morgan fingerprint density at radius 2 is 1.59 bits per heavy atom. The fraction of sp³-hybridized carbons (Fsp3) is 0.364. The molecule has 1 fully saturated rings. The first-order chi connectivity index (χ1) is 13.2. The molecule has 0 unspecified atom stereocenters. The molecule has 2 aliphatic heterocycles. The Balaban J connectivity index is 1.48. The summed E-state index contributed by atoms with van der Waals surface area (Å²) in [5.74, 6) is 0.0851. The molecule has 5 heteroatoms. The molecule has 0 radical (unpaired) electrons. The lowest BCUT2D eigenvalue weighted by Crippen LogP contribution is -2.55. The van der Waals surface area contributed by atoms with E-state index in [1.54, 1.807) is 4.90 Å². The van der Waals surface area contributed by atoms with Gasteiger partial charge in [-0.15, -0.1) is 0 Å². The second-order valence-electron chi connectivity index (χ2n) is 7.11. The minimum absolute atomic E-state index is 0.0150. The van der Waals surface area contributed by atoms with E-state index in [-0.39, 0.29) is 11.8 Å². The minimum atomic E-state index is -0.405. The molecule has 0 N–H and O–H groups in total. The molecular weight excluding hydrogens is 338 g/mol. The predicted molar refractivity (Wildman–Crippen MR) is 107 cm³/mol. The van der Waals surface area contributed by atoms with Crippen LogP contribution in [0.4, 0.5) is 11.4 Å². The van der Waals surface area contributed by atoms with Crippen LogP contribution in [-0.2, 0) is 16.0 Å². The number of carbonyl (C=O) groups excluding carboxylic acids is 2. The van der Waals surface area contributed by atoms with Gasteiger partial charge in [0.1, 0.15) is 6.04 Å². The number of anilines is 2. The predicted octanol–water partition coefficient (Wildman–Crippen LogP) is 2.70. The fourth-order valence-electron chi connectivity index (χ4n) is 4.10. The summed E-state index contributed by atoms with van der Waals surface area (Å²) in [7, 11) is 0. The van der Waals surface area contributed by atoms with Gasteiger partial charge in [0, 0.05) is 50.4 Å². The summed E-state index contributed by atoms with van der Waals surface area (Å²) < 4.78 is 0. The fourth-order valence-corrected chi connectivity index (χ4v) is 4.10. The molecule has 4 rings (SSSR count). The molecule has 27 heavy (non-hydrogen) atoms. The van der Waals surface area contributed by atoms with Crippen LogP contribution in [0.2, 0.25) is 0 Å². The van der Waals surface area contributed by atoms with Gasteiger partial charge in [0.15, 0.2) is 0 Å². The van der Waals surface area contributed by atoms with Crippen molar-refractivity contribution in [3.63, 3.8) is 0 Å². The van der Waals surface area contributed by atoms with Gasteiger partial charge in [-0.25, -0.2) is 0 Å². The highest BCUT2D eigenvalue weighted by molar-refractivity contribution is 6.03. The molecule has 0 aliphatic carbocycles. The van der Waals surface area contributed by atoms with Gasteiger partial charge >= 0.3 is 0 Å². The zero-order valence-electron chi connectivity index (χ0n) is 15.7. The number of hydrogen-bond donors (Lipinski definition) is 0. The van der Waals surface area contributed by atoms with E-state index in [0.717, 1.165) is 24.3 Å². The Bertz CT molecular complexity index is 828. The van der Waals surface area contributed by atoms with E-state index in [1.807, 2.05) is 54.3 Å². The lowest BCUT2D eigenvalue weighted by Gasteiger charge is -2.38. The van der Waals surface area contributed by atoms with E-state index in [1.165, 1.54) is 5.69 Å². The summed E-state index contributed by atoms with van der Waals surface area (Å²) >= 11 is 0. The number of amides is 2. The van der Waals surface area contributed by atoms with Gasteiger partial charge in [0.05, 0.1) is 0 Å². The number of rotatable bonds is 3. The van der Waals surface area contributed by atoms with Crippen molar-refractivity contribution in [1.82, 2.24) is 4.90 Å². The van der Waals surface area contributed by atoms with Crippen molar-refractivity contribution >= 4 is 23.2 Å². The highest BCUT2D eigenvalue weighted by atomic mass is 16.2. The van der Waals surface area contributed by atoms with Gasteiger partial charge < -0.3 is 9.80 Å². The largest absolute Gasteiger partial charge is 0.368 e. The molecule has 0 bridgehead atoms. The first kappa shape index (κ1) is 17.6. The molecule has 1 saturated heterocycles. The topological polar surface area (TPSA) is 43.9 Å². The lowest BCUT2D eigenvalue weighted by molar-refractivity contribution is -0.134. The van der Waals surface area contributed by atoms with E-state index in [2.05, 4.69) is 17.0 Å². The van der Waals surface area contributed by atoms with Gasteiger partial charge in [-0.05, 0) is 23.8 Å². The van der Waals surface area contributed by atoms with E-state index in [0.29, 0.717) is 25.9 Å². The summed E-state index contributed by atoms with van der Waals surface area (Å²) in [5, 5.41) is 0. The Kier molecular flexibility index (Phi) is 4.84. The standard InChI is InChI=1S/C22H25N3O2/c1-2-21(26)25-19-11-7-6-8-17(19)16-20(25)22(27)24-14-12-23(13-15-24)18-9-4-3-5-10-18/h3-11,20H,2,12-16H2,1H3/t20-/m0/s1. The number of para-hydroxylation sites is 2. The van der Waals surface area contributed by atoms with Crippen molar-refractivity contribution < 1.29 is 9.59 Å². The second kappa shape index (κ2) is 7.43. The monoisotopic (exact) mass is 363 g/mol. The third kappa shape index (κ3) is 3.29. The minimum Gasteiger partial charge on any atom is -0.368 e. The van der Waals surface area contributed by atoms with Gasteiger partial charge in [-0.2, -0.15) is 0 Å². The van der Waals surface area contributed by atoms with Crippen LogP contribution in [0, 0.1) is 0 Å². The lowest BCUT2D eigenvalue weighted by atomic mass is 10.1. The molecule has 2 heterocycles. The number of benzene rings is 2. The summed E-state index contributed by atoms with van der Waals surface area (Å²) in [5.41, 5.74) is 3.17. The smallest absolute Gasteiger partial charge is 0.246 e. The third-order valence-electron chi connectivity index (χ3n) is 5.54. The molecular formula is C22H25N3O2. The van der Waals surface area contributed by atoms with Gasteiger partial charge in [0.25, 0.3) is 0 Å².